The lowest BCUT2D eigenvalue weighted by molar-refractivity contribution is -0.143. The van der Waals surface area contributed by atoms with E-state index >= 15 is 0 Å². The summed E-state index contributed by atoms with van der Waals surface area (Å²) in [5.41, 5.74) is 9.81. The van der Waals surface area contributed by atoms with E-state index in [9.17, 15) is 19.2 Å². The van der Waals surface area contributed by atoms with E-state index in [1.54, 1.807) is 0 Å². The van der Waals surface area contributed by atoms with Gasteiger partial charge in [-0.1, -0.05) is 0 Å². The zero-order valence-electron chi connectivity index (χ0n) is 11.4. The second-order valence-electron chi connectivity index (χ2n) is 3.15. The van der Waals surface area contributed by atoms with E-state index in [4.69, 9.17) is 31.9 Å². The molecular weight excluding hydrogens is 303 g/mol. The Balaban J connectivity index is -0.000000107. The number of nitrogens with two attached hydrogens (primary N) is 2. The number of carboxylic acids is 4. The van der Waals surface area contributed by atoms with Crippen molar-refractivity contribution in [1.82, 2.24) is 0 Å². The van der Waals surface area contributed by atoms with Crippen molar-refractivity contribution in [3.63, 3.8) is 0 Å². The topological polar surface area (TPSA) is 201 Å². The molecule has 0 fully saturated rings. The highest BCUT2D eigenvalue weighted by molar-refractivity contribution is 5.76. The molecule has 0 aromatic carbocycles. The van der Waals surface area contributed by atoms with Gasteiger partial charge in [-0.2, -0.15) is 0 Å². The number of hydrogen-bond acceptors (Lipinski definition) is 6. The van der Waals surface area contributed by atoms with E-state index in [-0.39, 0.29) is 43.0 Å². The molecule has 121 valence electrons. The summed E-state index contributed by atoms with van der Waals surface area (Å²) in [5, 5.41) is 31.6. The molecule has 0 saturated carbocycles. The van der Waals surface area contributed by atoms with Crippen molar-refractivity contribution >= 4 is 41.2 Å². The van der Waals surface area contributed by atoms with Gasteiger partial charge < -0.3 is 31.9 Å². The molecule has 0 heterocycles. The van der Waals surface area contributed by atoms with Gasteiger partial charge in [0.2, 0.25) is 0 Å². The van der Waals surface area contributed by atoms with Crippen molar-refractivity contribution < 1.29 is 39.6 Å². The fraction of sp³-hybridized carbons (Fsp3) is 0.600. The molecule has 0 aliphatic rings. The Morgan fingerprint density at radius 3 is 0.762 bits per heavy atom. The van der Waals surface area contributed by atoms with E-state index in [1.807, 2.05) is 0 Å². The number of hydrogen-bond donors (Lipinski definition) is 6. The van der Waals surface area contributed by atoms with Crippen LogP contribution in [-0.4, -0.2) is 74.8 Å². The van der Waals surface area contributed by atoms with Crippen LogP contribution in [0.4, 0.5) is 0 Å². The molecule has 10 nitrogen and oxygen atoms in total. The van der Waals surface area contributed by atoms with E-state index in [1.165, 1.54) is 0 Å². The maximum absolute atomic E-state index is 9.64. The Bertz CT molecular complexity index is 253. The lowest BCUT2D eigenvalue weighted by Crippen LogP contribution is -2.11. The summed E-state index contributed by atoms with van der Waals surface area (Å²) >= 11 is 0. The first kappa shape index (κ1) is 27.6. The smallest absolute Gasteiger partial charge is 0.303 e. The van der Waals surface area contributed by atoms with E-state index in [0.717, 1.165) is 0 Å². The Kier molecular flexibility index (Phi) is 27.2. The molecule has 0 bridgehead atoms. The third kappa shape index (κ3) is 56.1. The van der Waals surface area contributed by atoms with Crippen LogP contribution in [0.1, 0.15) is 25.7 Å². The van der Waals surface area contributed by atoms with Crippen LogP contribution in [0, 0.1) is 0 Å². The van der Waals surface area contributed by atoms with Crippen LogP contribution in [0.25, 0.3) is 0 Å². The summed E-state index contributed by atoms with van der Waals surface area (Å²) in [5.74, 6) is -4.31. The zero-order valence-corrected chi connectivity index (χ0v) is 12.6. The monoisotopic (exact) mass is 323 g/mol. The third-order valence-corrected chi connectivity index (χ3v) is 1.27. The maximum Gasteiger partial charge on any atom is 0.303 e. The molecule has 0 rings (SSSR count). The highest BCUT2D eigenvalue weighted by Gasteiger charge is 2.00. The lowest BCUT2D eigenvalue weighted by Gasteiger charge is -1.85. The van der Waals surface area contributed by atoms with Crippen LogP contribution in [0.3, 0.4) is 0 Å². The summed E-state index contributed by atoms with van der Waals surface area (Å²) in [6, 6.07) is 0. The molecule has 0 aromatic rings. The highest BCUT2D eigenvalue weighted by atomic mass is 27.0. The molecule has 0 aliphatic heterocycles. The Hall–Kier alpha value is -1.67. The normalized spacial score (nSPS) is 7.90. The number of carboxylic acid groups (broad SMARTS) is 4. The number of carbonyl (C=O) groups is 4. The molecule has 0 aromatic heterocycles. The van der Waals surface area contributed by atoms with Crippen molar-refractivity contribution in [1.29, 1.82) is 0 Å². The third-order valence-electron chi connectivity index (χ3n) is 1.27. The van der Waals surface area contributed by atoms with E-state index in [2.05, 4.69) is 0 Å². The van der Waals surface area contributed by atoms with Gasteiger partial charge in [0.05, 0.1) is 25.7 Å². The van der Waals surface area contributed by atoms with Gasteiger partial charge in [-0.25, -0.2) is 0 Å². The Morgan fingerprint density at radius 2 is 0.714 bits per heavy atom. The fourth-order valence-electron chi connectivity index (χ4n) is 0.428. The van der Waals surface area contributed by atoms with Gasteiger partial charge in [-0.15, -0.1) is 0 Å². The highest BCUT2D eigenvalue weighted by Crippen LogP contribution is 1.86. The molecular formula is C10H20AlN2O8. The van der Waals surface area contributed by atoms with Crippen molar-refractivity contribution in [3.05, 3.63) is 0 Å². The first-order valence-electron chi connectivity index (χ1n) is 5.44. The van der Waals surface area contributed by atoms with Crippen LogP contribution in [0.2, 0.25) is 0 Å². The van der Waals surface area contributed by atoms with Gasteiger partial charge in [0.25, 0.3) is 0 Å². The van der Waals surface area contributed by atoms with Crippen LogP contribution >= 0.6 is 0 Å². The Morgan fingerprint density at radius 1 is 0.571 bits per heavy atom. The van der Waals surface area contributed by atoms with Gasteiger partial charge in [-0.3, -0.25) is 19.2 Å². The molecule has 0 aliphatic carbocycles. The average molecular weight is 323 g/mol. The number of rotatable bonds is 7. The van der Waals surface area contributed by atoms with Crippen LogP contribution in [0.5, 0.6) is 0 Å². The van der Waals surface area contributed by atoms with Crippen molar-refractivity contribution in [2.45, 2.75) is 25.7 Å². The maximum atomic E-state index is 9.64. The summed E-state index contributed by atoms with van der Waals surface area (Å²) in [7, 11) is 0. The fourth-order valence-corrected chi connectivity index (χ4v) is 0.428. The quantitative estimate of drug-likeness (QED) is 0.296. The van der Waals surface area contributed by atoms with Crippen molar-refractivity contribution in [3.8, 4) is 0 Å². The molecule has 11 heteroatoms. The standard InChI is InChI=1S/2C4H6O4.C2H8N2.Al/c2*5-3(6)1-2-4(7)8;3-1-2-4;/h2*1-2H2,(H,5,6)(H,7,8);1-4H2;. The molecule has 0 unspecified atom stereocenters. The summed E-state index contributed by atoms with van der Waals surface area (Å²) in [6.45, 7) is 1.19. The first-order valence-corrected chi connectivity index (χ1v) is 5.44. The Labute approximate surface area is 131 Å². The minimum atomic E-state index is -1.08. The van der Waals surface area contributed by atoms with Crippen LogP contribution < -0.4 is 11.5 Å². The zero-order chi connectivity index (χ0) is 16.6. The van der Waals surface area contributed by atoms with Crippen molar-refractivity contribution in [2.75, 3.05) is 13.1 Å². The molecule has 0 spiro atoms. The van der Waals surface area contributed by atoms with Gasteiger partial charge in [0.15, 0.2) is 0 Å². The van der Waals surface area contributed by atoms with E-state index in [0.29, 0.717) is 13.1 Å². The predicted octanol–water partition coefficient (Wildman–Crippen LogP) is -1.61. The molecule has 8 N–H and O–H groups in total. The van der Waals surface area contributed by atoms with Gasteiger partial charge >= 0.3 is 23.9 Å². The second kappa shape index (κ2) is 20.6. The molecule has 21 heavy (non-hydrogen) atoms. The summed E-state index contributed by atoms with van der Waals surface area (Å²) < 4.78 is 0. The molecule has 0 atom stereocenters. The second-order valence-corrected chi connectivity index (χ2v) is 3.15. The van der Waals surface area contributed by atoms with Gasteiger partial charge in [0.1, 0.15) is 0 Å². The minimum Gasteiger partial charge on any atom is -0.481 e. The average Bonchev–Trinajstić information content (AvgIpc) is 2.35. The van der Waals surface area contributed by atoms with E-state index < -0.39 is 23.9 Å². The SMILES string of the molecule is NCCN.O=C(O)CCC(=O)O.O=C(O)CCC(=O)O.[Al]. The summed E-state index contributed by atoms with van der Waals surface area (Å²) in [4.78, 5) is 38.6. The molecule has 0 saturated heterocycles. The van der Waals surface area contributed by atoms with Gasteiger partial charge in [-0.05, 0) is 0 Å². The van der Waals surface area contributed by atoms with Crippen LogP contribution in [-0.2, 0) is 19.2 Å². The summed E-state index contributed by atoms with van der Waals surface area (Å²) in [6.07, 6.45) is -1.19. The van der Waals surface area contributed by atoms with Crippen LogP contribution in [0.15, 0.2) is 0 Å². The molecule has 3 radical (unpaired) electrons. The lowest BCUT2D eigenvalue weighted by atomic mass is 10.3. The number of aliphatic carboxylic acids is 4. The largest absolute Gasteiger partial charge is 0.481 e. The first-order chi connectivity index (χ1) is 9.17. The van der Waals surface area contributed by atoms with Gasteiger partial charge in [0, 0.05) is 30.5 Å². The minimum absolute atomic E-state index is 0. The van der Waals surface area contributed by atoms with Crippen molar-refractivity contribution in [2.24, 2.45) is 11.5 Å². The molecule has 0 amide bonds. The predicted molar refractivity (Wildman–Crippen MR) is 72.9 cm³/mol.